The minimum Gasteiger partial charge on any atom is -0.512 e. The average molecular weight is 561 g/mol. The molecule has 0 saturated carbocycles. The standard InChI is InChI=1S/C26H20ClF3N4O5/c1-32-22-21(23(36)34(25(32)37)14-16-4-2-7-20(16)35)33(13-15-8-10-17(27)11-9-15)24(31-22)38-18-5-3-6-19(12-18)39-26(28,29)30/h6,8-12,35H,2,4,7,13-14H2,1H3. The van der Waals surface area contributed by atoms with Crippen LogP contribution in [0.4, 0.5) is 13.2 Å². The molecule has 2 aromatic heterocycles. The third kappa shape index (κ3) is 5.44. The molecule has 0 radical (unpaired) electrons. The van der Waals surface area contributed by atoms with Crippen molar-refractivity contribution in [3.8, 4) is 6.01 Å². The van der Waals surface area contributed by atoms with E-state index in [1.54, 1.807) is 24.3 Å². The van der Waals surface area contributed by atoms with E-state index in [0.29, 0.717) is 29.0 Å². The van der Waals surface area contributed by atoms with Gasteiger partial charge in [-0.25, -0.2) is 4.79 Å². The molecule has 202 valence electrons. The van der Waals surface area contributed by atoms with Crippen molar-refractivity contribution < 1.29 is 27.8 Å². The number of halogens is 4. The highest BCUT2D eigenvalue weighted by Crippen LogP contribution is 2.27. The van der Waals surface area contributed by atoms with E-state index >= 15 is 0 Å². The van der Waals surface area contributed by atoms with Crippen LogP contribution >= 0.6 is 11.6 Å². The summed E-state index contributed by atoms with van der Waals surface area (Å²) in [5.41, 5.74) is 4.93. The number of benzene rings is 1. The predicted octanol–water partition coefficient (Wildman–Crippen LogP) is 4.60. The molecule has 0 atom stereocenters. The van der Waals surface area contributed by atoms with E-state index in [2.05, 4.69) is 21.2 Å². The maximum absolute atomic E-state index is 13.7. The molecule has 0 fully saturated rings. The Morgan fingerprint density at radius 1 is 1.13 bits per heavy atom. The second-order valence-corrected chi connectivity index (χ2v) is 9.33. The van der Waals surface area contributed by atoms with Crippen LogP contribution in [0.2, 0.25) is 5.02 Å². The number of rotatable bonds is 7. The fraction of sp³-hybridized carbons (Fsp3) is 0.269. The molecule has 1 N–H and O–H groups in total. The van der Waals surface area contributed by atoms with E-state index in [4.69, 9.17) is 16.3 Å². The first-order valence-corrected chi connectivity index (χ1v) is 12.1. The molecule has 13 heteroatoms. The lowest BCUT2D eigenvalue weighted by atomic mass is 10.2. The summed E-state index contributed by atoms with van der Waals surface area (Å²) in [6.07, 6.45) is -1.30. The van der Waals surface area contributed by atoms with Crippen molar-refractivity contribution >= 4 is 22.8 Å². The number of aromatic nitrogens is 4. The van der Waals surface area contributed by atoms with Crippen LogP contribution in [0.15, 0.2) is 80.3 Å². The van der Waals surface area contributed by atoms with Crippen LogP contribution < -0.4 is 16.0 Å². The third-order valence-corrected chi connectivity index (χ3v) is 6.47. The Bertz CT molecular complexity index is 1760. The number of alkyl halides is 3. The van der Waals surface area contributed by atoms with E-state index in [0.717, 1.165) is 23.1 Å². The first kappa shape index (κ1) is 26.2. The minimum atomic E-state index is -4.93. The van der Waals surface area contributed by atoms with Gasteiger partial charge in [-0.05, 0) is 41.8 Å². The van der Waals surface area contributed by atoms with Crippen LogP contribution in [0.1, 0.15) is 24.8 Å². The number of aliphatic hydroxyl groups excluding tert-OH is 1. The van der Waals surface area contributed by atoms with Crippen LogP contribution in [0.3, 0.4) is 0 Å². The van der Waals surface area contributed by atoms with Gasteiger partial charge in [0.05, 0.1) is 18.8 Å². The molecule has 0 saturated heterocycles. The van der Waals surface area contributed by atoms with Crippen LogP contribution in [0.25, 0.3) is 11.2 Å². The van der Waals surface area contributed by atoms with E-state index in [1.165, 1.54) is 16.2 Å². The summed E-state index contributed by atoms with van der Waals surface area (Å²) < 4.78 is 51.4. The second-order valence-electron chi connectivity index (χ2n) is 8.89. The Hall–Kier alpha value is -4.37. The number of aliphatic hydroxyl groups is 1. The molecule has 5 rings (SSSR count). The number of fused-ring (bicyclic) bond motifs is 1. The lowest BCUT2D eigenvalue weighted by Gasteiger charge is -2.13. The zero-order chi connectivity index (χ0) is 27.9. The van der Waals surface area contributed by atoms with Crippen LogP contribution in [-0.4, -0.2) is 30.2 Å². The van der Waals surface area contributed by atoms with Gasteiger partial charge in [-0.1, -0.05) is 29.5 Å². The zero-order valence-corrected chi connectivity index (χ0v) is 21.1. The fourth-order valence-corrected chi connectivity index (χ4v) is 4.50. The highest BCUT2D eigenvalue weighted by atomic mass is 35.5. The minimum absolute atomic E-state index is 0.00140. The van der Waals surface area contributed by atoms with Gasteiger partial charge in [-0.3, -0.25) is 18.5 Å². The molecule has 0 spiro atoms. The zero-order valence-electron chi connectivity index (χ0n) is 20.4. The van der Waals surface area contributed by atoms with E-state index in [-0.39, 0.29) is 41.8 Å². The van der Waals surface area contributed by atoms with Gasteiger partial charge in [-0.2, -0.15) is 4.98 Å². The molecule has 39 heavy (non-hydrogen) atoms. The monoisotopic (exact) mass is 560 g/mol. The van der Waals surface area contributed by atoms with Crippen LogP contribution in [0.5, 0.6) is 6.01 Å². The largest absolute Gasteiger partial charge is 0.573 e. The number of hydrogen-bond donors (Lipinski definition) is 1. The number of hydrogen-bond acceptors (Lipinski definition) is 6. The molecule has 1 aromatic carbocycles. The van der Waals surface area contributed by atoms with E-state index in [1.807, 2.05) is 0 Å². The topological polar surface area (TPSA) is 101 Å². The number of aryl methyl sites for hydroxylation is 1. The van der Waals surface area contributed by atoms with Gasteiger partial charge in [0.15, 0.2) is 16.9 Å². The SMILES string of the molecule is Cn1c(=O)n(CC2=C(O)CCC2)c(=O)c2c1nc(OC1=C=C=CC(OC(F)(F)F)=C1)n2Cc1ccc(Cl)cc1. The van der Waals surface area contributed by atoms with Gasteiger partial charge < -0.3 is 14.6 Å². The quantitative estimate of drug-likeness (QED) is 0.424. The van der Waals surface area contributed by atoms with E-state index < -0.39 is 23.4 Å². The fourth-order valence-electron chi connectivity index (χ4n) is 4.37. The van der Waals surface area contributed by atoms with Crippen molar-refractivity contribution in [3.63, 3.8) is 0 Å². The van der Waals surface area contributed by atoms with Gasteiger partial charge in [0.25, 0.3) is 5.56 Å². The first-order chi connectivity index (χ1) is 18.5. The molecular formula is C26H20ClF3N4O5. The number of nitrogens with zero attached hydrogens (tertiary/aromatic N) is 4. The molecular weight excluding hydrogens is 541 g/mol. The van der Waals surface area contributed by atoms with Crippen molar-refractivity contribution in [2.75, 3.05) is 0 Å². The summed E-state index contributed by atoms with van der Waals surface area (Å²) >= 11 is 6.01. The smallest absolute Gasteiger partial charge is 0.512 e. The Kier molecular flexibility index (Phi) is 6.78. The highest BCUT2D eigenvalue weighted by molar-refractivity contribution is 6.30. The molecule has 0 aliphatic heterocycles. The summed E-state index contributed by atoms with van der Waals surface area (Å²) in [5.74, 6) is -0.637. The van der Waals surface area contributed by atoms with Crippen molar-refractivity contribution in [2.45, 2.75) is 38.7 Å². The van der Waals surface area contributed by atoms with Gasteiger partial charge >= 0.3 is 18.1 Å². The number of imidazole rings is 1. The summed E-state index contributed by atoms with van der Waals surface area (Å²) in [4.78, 5) is 31.2. The second kappa shape index (κ2) is 10.1. The first-order valence-electron chi connectivity index (χ1n) is 11.7. The number of ether oxygens (including phenoxy) is 2. The molecule has 0 unspecified atom stereocenters. The molecule has 9 nitrogen and oxygen atoms in total. The molecule has 0 amide bonds. The molecule has 2 heterocycles. The van der Waals surface area contributed by atoms with Gasteiger partial charge in [0.2, 0.25) is 0 Å². The van der Waals surface area contributed by atoms with E-state index in [9.17, 15) is 27.9 Å². The molecule has 2 aliphatic carbocycles. The Balaban J connectivity index is 1.65. The molecule has 3 aromatic rings. The van der Waals surface area contributed by atoms with Gasteiger partial charge in [0.1, 0.15) is 5.76 Å². The van der Waals surface area contributed by atoms with Crippen molar-refractivity contribution in [2.24, 2.45) is 7.05 Å². The average Bonchev–Trinajstić information content (AvgIpc) is 3.44. The van der Waals surface area contributed by atoms with Gasteiger partial charge in [0, 0.05) is 30.6 Å². The third-order valence-electron chi connectivity index (χ3n) is 6.22. The summed E-state index contributed by atoms with van der Waals surface area (Å²) in [6, 6.07) is 6.57. The molecule has 0 bridgehead atoms. The van der Waals surface area contributed by atoms with Crippen molar-refractivity contribution in [1.29, 1.82) is 0 Å². The summed E-state index contributed by atoms with van der Waals surface area (Å²) in [7, 11) is 1.44. The maximum Gasteiger partial charge on any atom is 0.573 e. The normalized spacial score (nSPS) is 15.2. The Morgan fingerprint density at radius 3 is 2.54 bits per heavy atom. The maximum atomic E-state index is 13.7. The lowest BCUT2D eigenvalue weighted by Crippen LogP contribution is -2.40. The molecule has 2 aliphatic rings. The number of allylic oxidation sites excluding steroid dienone is 4. The lowest BCUT2D eigenvalue weighted by molar-refractivity contribution is -0.303. The Labute approximate surface area is 223 Å². The summed E-state index contributed by atoms with van der Waals surface area (Å²) in [6.45, 7) is -0.0397. The van der Waals surface area contributed by atoms with Crippen LogP contribution in [0, 0.1) is 0 Å². The highest BCUT2D eigenvalue weighted by Gasteiger charge is 2.32. The predicted molar refractivity (Wildman–Crippen MR) is 134 cm³/mol. The van der Waals surface area contributed by atoms with Gasteiger partial charge in [-0.15, -0.1) is 13.2 Å². The van der Waals surface area contributed by atoms with Crippen molar-refractivity contribution in [3.05, 3.63) is 102 Å². The van der Waals surface area contributed by atoms with Crippen LogP contribution in [-0.2, 0) is 24.9 Å². The summed E-state index contributed by atoms with van der Waals surface area (Å²) in [5, 5.41) is 10.7. The Morgan fingerprint density at radius 2 is 1.87 bits per heavy atom. The van der Waals surface area contributed by atoms with Crippen molar-refractivity contribution in [1.82, 2.24) is 18.7 Å².